The summed E-state index contributed by atoms with van der Waals surface area (Å²) < 4.78 is 0. The van der Waals surface area contributed by atoms with E-state index < -0.39 is 5.91 Å². The molecule has 0 bridgehead atoms. The summed E-state index contributed by atoms with van der Waals surface area (Å²) in [5.41, 5.74) is 10.1. The summed E-state index contributed by atoms with van der Waals surface area (Å²) in [7, 11) is 0. The van der Waals surface area contributed by atoms with Crippen molar-refractivity contribution in [3.05, 3.63) is 24.3 Å². The van der Waals surface area contributed by atoms with Crippen LogP contribution in [0.5, 0.6) is 0 Å². The topological polar surface area (TPSA) is 93.5 Å². The summed E-state index contributed by atoms with van der Waals surface area (Å²) in [6, 6.07) is 0. The van der Waals surface area contributed by atoms with Crippen molar-refractivity contribution in [2.75, 3.05) is 0 Å². The zero-order chi connectivity index (χ0) is 10.4. The van der Waals surface area contributed by atoms with Crippen LogP contribution in [-0.4, -0.2) is 11.1 Å². The van der Waals surface area contributed by atoms with Gasteiger partial charge in [-0.25, -0.2) is 4.99 Å². The second kappa shape index (κ2) is 5.21. The highest BCUT2D eigenvalue weighted by atomic mass is 35.5. The van der Waals surface area contributed by atoms with Crippen molar-refractivity contribution in [2.24, 2.45) is 16.5 Å². The standard InChI is InChI=1S/C7H11ClN4O/c1-3-11-7(12-4(2)8)5(9)6(10)13/h3,11H,1,9H2,2H3,(H2,10,13)/b7-5+,12-4?. The van der Waals surface area contributed by atoms with Gasteiger partial charge < -0.3 is 16.8 Å². The summed E-state index contributed by atoms with van der Waals surface area (Å²) in [4.78, 5) is 14.4. The van der Waals surface area contributed by atoms with E-state index in [0.717, 1.165) is 0 Å². The van der Waals surface area contributed by atoms with Gasteiger partial charge in [-0.05, 0) is 13.1 Å². The molecule has 0 rings (SSSR count). The van der Waals surface area contributed by atoms with Gasteiger partial charge in [0.1, 0.15) is 10.9 Å². The van der Waals surface area contributed by atoms with E-state index in [2.05, 4.69) is 16.9 Å². The number of hydrogen-bond acceptors (Lipinski definition) is 4. The third kappa shape index (κ3) is 4.17. The molecule has 0 aliphatic heterocycles. The molecule has 0 aliphatic rings. The van der Waals surface area contributed by atoms with Crippen molar-refractivity contribution in [2.45, 2.75) is 6.92 Å². The molecule has 0 saturated carbocycles. The Bertz CT molecular complexity index is 278. The molecule has 0 atom stereocenters. The predicted molar refractivity (Wildman–Crippen MR) is 52.7 cm³/mol. The van der Waals surface area contributed by atoms with Crippen LogP contribution in [0.25, 0.3) is 0 Å². The molecule has 0 spiro atoms. The number of carbonyl (C=O) groups is 1. The van der Waals surface area contributed by atoms with E-state index in [1.807, 2.05) is 0 Å². The van der Waals surface area contributed by atoms with Crippen LogP contribution in [0.2, 0.25) is 0 Å². The van der Waals surface area contributed by atoms with E-state index in [-0.39, 0.29) is 16.7 Å². The Labute approximate surface area is 81.1 Å². The summed E-state index contributed by atoms with van der Waals surface area (Å²) >= 11 is 5.49. The van der Waals surface area contributed by atoms with Crippen LogP contribution in [0, 0.1) is 0 Å². The van der Waals surface area contributed by atoms with Gasteiger partial charge in [-0.3, -0.25) is 4.79 Å². The fourth-order valence-electron chi connectivity index (χ4n) is 0.538. The first-order valence-electron chi connectivity index (χ1n) is 3.36. The van der Waals surface area contributed by atoms with Gasteiger partial charge in [-0.1, -0.05) is 18.2 Å². The molecule has 0 aromatic heterocycles. The molecule has 0 heterocycles. The molecule has 72 valence electrons. The molecule has 0 unspecified atom stereocenters. The van der Waals surface area contributed by atoms with Crippen LogP contribution in [0.15, 0.2) is 29.3 Å². The van der Waals surface area contributed by atoms with E-state index in [0.29, 0.717) is 0 Å². The lowest BCUT2D eigenvalue weighted by atomic mass is 10.4. The van der Waals surface area contributed by atoms with E-state index in [1.165, 1.54) is 6.20 Å². The summed E-state index contributed by atoms with van der Waals surface area (Å²) in [6.07, 6.45) is 1.31. The molecule has 6 heteroatoms. The van der Waals surface area contributed by atoms with Crippen molar-refractivity contribution in [1.82, 2.24) is 5.32 Å². The molecule has 0 radical (unpaired) electrons. The first kappa shape index (κ1) is 11.5. The van der Waals surface area contributed by atoms with Gasteiger partial charge >= 0.3 is 0 Å². The molecular weight excluding hydrogens is 192 g/mol. The molecular formula is C7H11ClN4O. The normalized spacial score (nSPS) is 13.2. The van der Waals surface area contributed by atoms with Crippen molar-refractivity contribution < 1.29 is 4.79 Å². The number of nitrogens with one attached hydrogen (secondary N) is 1. The zero-order valence-corrected chi connectivity index (χ0v) is 7.93. The van der Waals surface area contributed by atoms with Crippen molar-refractivity contribution in [3.63, 3.8) is 0 Å². The molecule has 0 saturated heterocycles. The van der Waals surface area contributed by atoms with Crippen LogP contribution in [0.4, 0.5) is 0 Å². The van der Waals surface area contributed by atoms with Gasteiger partial charge in [-0.2, -0.15) is 0 Å². The fraction of sp³-hybridized carbons (Fsp3) is 0.143. The SMILES string of the molecule is C=CN/C(N=C(C)Cl)=C(\N)C(N)=O. The van der Waals surface area contributed by atoms with Crippen LogP contribution in [-0.2, 0) is 4.79 Å². The van der Waals surface area contributed by atoms with Gasteiger partial charge in [0.25, 0.3) is 5.91 Å². The van der Waals surface area contributed by atoms with Crippen LogP contribution < -0.4 is 16.8 Å². The second-order valence-electron chi connectivity index (χ2n) is 2.08. The molecule has 5 N–H and O–H groups in total. The maximum atomic E-state index is 10.6. The lowest BCUT2D eigenvalue weighted by molar-refractivity contribution is -0.114. The van der Waals surface area contributed by atoms with Gasteiger partial charge in [0.05, 0.1) is 0 Å². The Balaban J connectivity index is 4.99. The Morgan fingerprint density at radius 3 is 2.46 bits per heavy atom. The number of nitrogens with zero attached hydrogens (tertiary/aromatic N) is 1. The molecule has 0 aromatic carbocycles. The first-order valence-corrected chi connectivity index (χ1v) is 3.74. The Kier molecular flexibility index (Phi) is 4.61. The third-order valence-electron chi connectivity index (χ3n) is 1.03. The van der Waals surface area contributed by atoms with Gasteiger partial charge in [0.15, 0.2) is 5.82 Å². The number of primary amides is 1. The van der Waals surface area contributed by atoms with Crippen molar-refractivity contribution in [1.29, 1.82) is 0 Å². The lowest BCUT2D eigenvalue weighted by Gasteiger charge is -2.03. The molecule has 5 nitrogen and oxygen atoms in total. The highest BCUT2D eigenvalue weighted by Gasteiger charge is 2.06. The molecule has 13 heavy (non-hydrogen) atoms. The Morgan fingerprint density at radius 1 is 1.62 bits per heavy atom. The molecule has 0 aromatic rings. The smallest absolute Gasteiger partial charge is 0.268 e. The number of amides is 1. The van der Waals surface area contributed by atoms with E-state index >= 15 is 0 Å². The summed E-state index contributed by atoms with van der Waals surface area (Å²) in [5.74, 6) is -0.680. The van der Waals surface area contributed by atoms with Crippen molar-refractivity contribution >= 4 is 22.7 Å². The largest absolute Gasteiger partial charge is 0.391 e. The van der Waals surface area contributed by atoms with E-state index in [4.69, 9.17) is 23.1 Å². The minimum absolute atomic E-state index is 0.0926. The van der Waals surface area contributed by atoms with Gasteiger partial charge in [0, 0.05) is 0 Å². The minimum Gasteiger partial charge on any atom is -0.391 e. The Hall–Kier alpha value is -1.49. The third-order valence-corrected chi connectivity index (χ3v) is 1.11. The number of rotatable bonds is 4. The number of carbonyl (C=O) groups excluding carboxylic acids is 1. The predicted octanol–water partition coefficient (Wildman–Crippen LogP) is -0.0102. The van der Waals surface area contributed by atoms with Crippen LogP contribution in [0.3, 0.4) is 0 Å². The Morgan fingerprint density at radius 2 is 2.15 bits per heavy atom. The molecule has 1 amide bonds. The van der Waals surface area contributed by atoms with Crippen LogP contribution in [0.1, 0.15) is 6.92 Å². The summed E-state index contributed by atoms with van der Waals surface area (Å²) in [5, 5.41) is 2.77. The minimum atomic E-state index is -0.772. The second-order valence-corrected chi connectivity index (χ2v) is 2.63. The van der Waals surface area contributed by atoms with Gasteiger partial charge in [0.2, 0.25) is 0 Å². The van der Waals surface area contributed by atoms with Crippen molar-refractivity contribution in [3.8, 4) is 0 Å². The fourth-order valence-corrected chi connectivity index (χ4v) is 0.622. The van der Waals surface area contributed by atoms with Gasteiger partial charge in [-0.15, -0.1) is 0 Å². The quantitative estimate of drug-likeness (QED) is 0.442. The highest BCUT2D eigenvalue weighted by molar-refractivity contribution is 6.64. The number of halogens is 1. The van der Waals surface area contributed by atoms with E-state index in [9.17, 15) is 4.79 Å². The average molecular weight is 203 g/mol. The number of hydrogen-bond donors (Lipinski definition) is 3. The monoisotopic (exact) mass is 202 g/mol. The maximum absolute atomic E-state index is 10.6. The van der Waals surface area contributed by atoms with E-state index in [1.54, 1.807) is 6.92 Å². The van der Waals surface area contributed by atoms with Crippen LogP contribution >= 0.6 is 11.6 Å². The lowest BCUT2D eigenvalue weighted by Crippen LogP contribution is -2.25. The first-order chi connectivity index (χ1) is 5.99. The number of aliphatic imine (C=N–C) groups is 1. The maximum Gasteiger partial charge on any atom is 0.268 e. The average Bonchev–Trinajstić information content (AvgIpc) is 2.01. The zero-order valence-electron chi connectivity index (χ0n) is 7.17. The molecule has 0 fully saturated rings. The highest BCUT2D eigenvalue weighted by Crippen LogP contribution is 1.99. The molecule has 0 aliphatic carbocycles. The summed E-state index contributed by atoms with van der Waals surface area (Å²) in [6.45, 7) is 4.93. The number of nitrogens with two attached hydrogens (primary N) is 2.